The average Bonchev–Trinajstić information content (AvgIpc) is 1.86. The van der Waals surface area contributed by atoms with E-state index in [9.17, 15) is 13.2 Å². The van der Waals surface area contributed by atoms with Gasteiger partial charge in [-0.15, -0.1) is 0 Å². The molecule has 0 spiro atoms. The molecule has 1 nitrogen and oxygen atoms in total. The Bertz CT molecular complexity index is 264. The quantitative estimate of drug-likeness (QED) is 0.564. The predicted octanol–water partition coefficient (Wildman–Crippen LogP) is -0.473. The summed E-state index contributed by atoms with van der Waals surface area (Å²) in [5, 5.41) is 8.68. The molecule has 0 radical (unpaired) electrons. The van der Waals surface area contributed by atoms with E-state index < -0.39 is 11.7 Å². The summed E-state index contributed by atoms with van der Waals surface area (Å²) >= 11 is 0. The van der Waals surface area contributed by atoms with Crippen molar-refractivity contribution in [2.75, 3.05) is 0 Å². The van der Waals surface area contributed by atoms with Crippen LogP contribution in [0.3, 0.4) is 0 Å². The fourth-order valence-electron chi connectivity index (χ4n) is 0.682. The monoisotopic (exact) mass is 202 g/mol. The van der Waals surface area contributed by atoms with Crippen molar-refractivity contribution in [3.8, 4) is 5.75 Å². The minimum atomic E-state index is -4.38. The van der Waals surface area contributed by atoms with Crippen molar-refractivity contribution in [2.24, 2.45) is 0 Å². The van der Waals surface area contributed by atoms with Gasteiger partial charge >= 0.3 is 57.6 Å². The number of aromatic hydroxyl groups is 1. The van der Waals surface area contributed by atoms with E-state index in [1.54, 1.807) is 0 Å². The molecule has 0 unspecified atom stereocenters. The second-order valence-electron chi connectivity index (χ2n) is 2.05. The number of hydrogen-bond donors (Lipinski definition) is 1. The van der Waals surface area contributed by atoms with Gasteiger partial charge in [-0.05, 0) is 18.2 Å². The van der Waals surface area contributed by atoms with E-state index in [-0.39, 0.29) is 58.6 Å². The Balaban J connectivity index is 0. The number of alkyl halides is 3. The fraction of sp³-hybridized carbons (Fsp3) is 0.143. The van der Waals surface area contributed by atoms with Gasteiger partial charge in [-0.2, -0.15) is 13.2 Å². The van der Waals surface area contributed by atoms with Crippen LogP contribution in [-0.2, 0) is 6.18 Å². The minimum absolute atomic E-state index is 0. The molecule has 0 aliphatic carbocycles. The zero-order valence-electron chi connectivity index (χ0n) is 7.39. The molecule has 0 saturated heterocycles. The minimum Gasteiger partial charge on any atom is -1.00 e. The smallest absolute Gasteiger partial charge is 1.00 e. The van der Waals surface area contributed by atoms with Crippen molar-refractivity contribution in [1.82, 2.24) is 0 Å². The largest absolute Gasteiger partial charge is 1.00 e. The Kier molecular flexibility index (Phi) is 4.79. The average molecular weight is 202 g/mol. The summed E-state index contributed by atoms with van der Waals surface area (Å²) in [4.78, 5) is 0. The summed E-state index contributed by atoms with van der Waals surface area (Å²) < 4.78 is 35.6. The van der Waals surface area contributed by atoms with Gasteiger partial charge in [0.15, 0.2) is 0 Å². The topological polar surface area (TPSA) is 20.2 Å². The third-order valence-corrected chi connectivity index (χ3v) is 1.17. The third kappa shape index (κ3) is 3.45. The molecular formula is C7H6F3KO. The van der Waals surface area contributed by atoms with Crippen LogP contribution in [0.1, 0.15) is 6.99 Å². The van der Waals surface area contributed by atoms with Gasteiger partial charge in [0.25, 0.3) is 0 Å². The van der Waals surface area contributed by atoms with Crippen molar-refractivity contribution in [3.05, 3.63) is 29.8 Å². The molecule has 5 heteroatoms. The SMILES string of the molecule is Oc1cccc(C(F)(F)F)c1.[H-].[K+]. The van der Waals surface area contributed by atoms with Crippen LogP contribution in [0.25, 0.3) is 0 Å². The molecule has 0 bridgehead atoms. The van der Waals surface area contributed by atoms with Gasteiger partial charge in [0.2, 0.25) is 0 Å². The molecule has 0 aliphatic rings. The Morgan fingerprint density at radius 1 is 1.25 bits per heavy atom. The van der Waals surface area contributed by atoms with Crippen LogP contribution in [0, 0.1) is 0 Å². The first-order chi connectivity index (χ1) is 5.00. The van der Waals surface area contributed by atoms with Gasteiger partial charge in [0, 0.05) is 0 Å². The van der Waals surface area contributed by atoms with E-state index >= 15 is 0 Å². The maximum Gasteiger partial charge on any atom is 1.00 e. The van der Waals surface area contributed by atoms with Crippen LogP contribution in [0.4, 0.5) is 13.2 Å². The number of halogens is 3. The molecular weight excluding hydrogens is 196 g/mol. The van der Waals surface area contributed by atoms with E-state index in [1.807, 2.05) is 0 Å². The molecule has 0 atom stereocenters. The van der Waals surface area contributed by atoms with E-state index in [1.165, 1.54) is 6.07 Å². The molecule has 0 aromatic heterocycles. The second-order valence-corrected chi connectivity index (χ2v) is 2.05. The summed E-state index contributed by atoms with van der Waals surface area (Å²) in [5.41, 5.74) is -0.836. The van der Waals surface area contributed by atoms with E-state index in [0.717, 1.165) is 12.1 Å². The fourth-order valence-corrected chi connectivity index (χ4v) is 0.682. The predicted molar refractivity (Wildman–Crippen MR) is 34.2 cm³/mol. The standard InChI is InChI=1S/C7H5F3O.K.H/c8-7(9,10)5-2-1-3-6(11)4-5;;/h1-4,11H;;/q;+1;-1. The van der Waals surface area contributed by atoms with Crippen LogP contribution in [-0.4, -0.2) is 5.11 Å². The first-order valence-corrected chi connectivity index (χ1v) is 2.86. The number of benzene rings is 1. The van der Waals surface area contributed by atoms with E-state index in [4.69, 9.17) is 5.11 Å². The molecule has 0 aliphatic heterocycles. The van der Waals surface area contributed by atoms with Crippen molar-refractivity contribution >= 4 is 0 Å². The van der Waals surface area contributed by atoms with Gasteiger partial charge in [0.1, 0.15) is 5.75 Å². The van der Waals surface area contributed by atoms with Gasteiger partial charge in [-0.1, -0.05) is 6.07 Å². The van der Waals surface area contributed by atoms with Crippen LogP contribution in [0.2, 0.25) is 0 Å². The first kappa shape index (κ1) is 12.4. The summed E-state index contributed by atoms with van der Waals surface area (Å²) in [5.74, 6) is -0.375. The van der Waals surface area contributed by atoms with E-state index in [2.05, 4.69) is 0 Å². The zero-order chi connectivity index (χ0) is 8.48. The maximum atomic E-state index is 11.9. The number of rotatable bonds is 0. The molecule has 0 amide bonds. The molecule has 62 valence electrons. The summed E-state index contributed by atoms with van der Waals surface area (Å²) in [6.45, 7) is 0. The Hall–Kier alpha value is 0.446. The van der Waals surface area contributed by atoms with Gasteiger partial charge in [-0.25, -0.2) is 0 Å². The molecule has 1 aromatic rings. The molecule has 0 heterocycles. The second kappa shape index (κ2) is 4.62. The van der Waals surface area contributed by atoms with Crippen LogP contribution in [0.15, 0.2) is 24.3 Å². The van der Waals surface area contributed by atoms with Crippen molar-refractivity contribution in [1.29, 1.82) is 0 Å². The van der Waals surface area contributed by atoms with Crippen LogP contribution in [0.5, 0.6) is 5.75 Å². The Morgan fingerprint density at radius 2 is 1.83 bits per heavy atom. The zero-order valence-corrected chi connectivity index (χ0v) is 9.51. The first-order valence-electron chi connectivity index (χ1n) is 2.86. The number of hydrogen-bond acceptors (Lipinski definition) is 1. The van der Waals surface area contributed by atoms with E-state index in [0.29, 0.717) is 6.07 Å². The Labute approximate surface area is 111 Å². The third-order valence-electron chi connectivity index (χ3n) is 1.17. The number of phenolic OH excluding ortho intramolecular Hbond substituents is 1. The van der Waals surface area contributed by atoms with Crippen molar-refractivity contribution in [3.63, 3.8) is 0 Å². The molecule has 0 saturated carbocycles. The molecule has 1 aromatic carbocycles. The van der Waals surface area contributed by atoms with Crippen LogP contribution >= 0.6 is 0 Å². The van der Waals surface area contributed by atoms with Crippen molar-refractivity contribution < 1.29 is 71.1 Å². The molecule has 1 N–H and O–H groups in total. The molecule has 12 heavy (non-hydrogen) atoms. The maximum absolute atomic E-state index is 11.9. The Morgan fingerprint density at radius 3 is 2.17 bits per heavy atom. The number of phenols is 1. The van der Waals surface area contributed by atoms with Gasteiger partial charge < -0.3 is 6.53 Å². The van der Waals surface area contributed by atoms with Gasteiger partial charge in [-0.3, -0.25) is 0 Å². The summed E-state index contributed by atoms with van der Waals surface area (Å²) in [7, 11) is 0. The molecule has 0 fully saturated rings. The summed E-state index contributed by atoms with van der Waals surface area (Å²) in [6, 6.07) is 3.92. The van der Waals surface area contributed by atoms with Gasteiger partial charge in [0.05, 0.1) is 5.56 Å². The van der Waals surface area contributed by atoms with Crippen LogP contribution < -0.4 is 51.4 Å². The summed E-state index contributed by atoms with van der Waals surface area (Å²) in [6.07, 6.45) is -4.38. The molecule has 1 rings (SSSR count). The normalized spacial score (nSPS) is 10.6. The van der Waals surface area contributed by atoms with Crippen molar-refractivity contribution in [2.45, 2.75) is 6.18 Å².